The minimum absolute atomic E-state index is 0.114. The molecule has 0 unspecified atom stereocenters. The van der Waals surface area contributed by atoms with Crippen LogP contribution in [0.2, 0.25) is 18.1 Å². The number of aliphatic hydroxyl groups is 2. The number of hydrogen-bond acceptors (Lipinski definition) is 8. The maximum absolute atomic E-state index is 10.9. The largest absolute Gasteiger partial charge is 0.417 e. The van der Waals surface area contributed by atoms with E-state index in [9.17, 15) is 10.2 Å². The first-order valence-corrected chi connectivity index (χ1v) is 17.2. The summed E-state index contributed by atoms with van der Waals surface area (Å²) < 4.78 is 36.8. The van der Waals surface area contributed by atoms with Crippen molar-refractivity contribution in [1.82, 2.24) is 0 Å². The van der Waals surface area contributed by atoms with Crippen LogP contribution < -0.4 is 0 Å². The molecule has 8 nitrogen and oxygen atoms in total. The summed E-state index contributed by atoms with van der Waals surface area (Å²) in [6.45, 7) is 17.8. The summed E-state index contributed by atoms with van der Waals surface area (Å²) in [5.41, 5.74) is 0. The molecule has 0 aliphatic carbocycles. The molecule has 220 valence electrons. The molecule has 0 aromatic heterocycles. The van der Waals surface area contributed by atoms with Crippen LogP contribution in [0.25, 0.3) is 0 Å². The van der Waals surface area contributed by atoms with Crippen molar-refractivity contribution in [2.45, 2.75) is 160 Å². The van der Waals surface area contributed by atoms with Gasteiger partial charge in [-0.3, -0.25) is 0 Å². The summed E-state index contributed by atoms with van der Waals surface area (Å²) in [6.07, 6.45) is 3.38. The lowest BCUT2D eigenvalue weighted by molar-refractivity contribution is -0.232. The van der Waals surface area contributed by atoms with Crippen LogP contribution in [0, 0.1) is 0 Å². The minimum atomic E-state index is -1.92. The molecule has 2 heterocycles. The van der Waals surface area contributed by atoms with Gasteiger partial charge in [-0.2, -0.15) is 0 Å². The Morgan fingerprint density at radius 1 is 0.946 bits per heavy atom. The summed E-state index contributed by atoms with van der Waals surface area (Å²) in [4.78, 5) is 0. The lowest BCUT2D eigenvalue weighted by atomic mass is 9.89. The third kappa shape index (κ3) is 9.79. The van der Waals surface area contributed by atoms with Crippen LogP contribution in [0.1, 0.15) is 92.9 Å². The molecule has 7 atom stereocenters. The zero-order chi connectivity index (χ0) is 27.9. The molecule has 2 rings (SSSR count). The molecule has 9 heteroatoms. The molecule has 0 radical (unpaired) electrons. The highest BCUT2D eigenvalue weighted by Gasteiger charge is 2.56. The molecular weight excluding hydrogens is 492 g/mol. The molecule has 2 N–H and O–H groups in total. The number of unbranched alkanes of at least 4 members (excludes halogenated alkanes) is 4. The van der Waals surface area contributed by atoms with E-state index in [2.05, 4.69) is 40.8 Å². The third-order valence-corrected chi connectivity index (χ3v) is 12.7. The number of ether oxygens (including phenoxy) is 5. The van der Waals surface area contributed by atoms with Crippen molar-refractivity contribution in [3.8, 4) is 0 Å². The van der Waals surface area contributed by atoms with Crippen molar-refractivity contribution in [1.29, 1.82) is 0 Å². The Hall–Kier alpha value is -0.103. The van der Waals surface area contributed by atoms with Gasteiger partial charge in [0.15, 0.2) is 14.1 Å². The number of hydrogen-bond donors (Lipinski definition) is 2. The Morgan fingerprint density at radius 2 is 1.59 bits per heavy atom. The summed E-state index contributed by atoms with van der Waals surface area (Å²) >= 11 is 0. The Morgan fingerprint density at radius 3 is 2.22 bits per heavy atom. The van der Waals surface area contributed by atoms with Crippen molar-refractivity contribution >= 4 is 8.32 Å². The highest BCUT2D eigenvalue weighted by atomic mass is 28.4. The highest BCUT2D eigenvalue weighted by Crippen LogP contribution is 2.41. The molecule has 0 bridgehead atoms. The maximum atomic E-state index is 10.9. The average molecular weight is 549 g/mol. The summed E-state index contributed by atoms with van der Waals surface area (Å²) in [5.74, 6) is -0.805. The molecule has 2 aliphatic heterocycles. The lowest BCUT2D eigenvalue weighted by Crippen LogP contribution is -2.58. The van der Waals surface area contributed by atoms with Crippen LogP contribution in [-0.2, 0) is 28.1 Å². The zero-order valence-corrected chi connectivity index (χ0v) is 26.0. The quantitative estimate of drug-likeness (QED) is 0.155. The molecular formula is C28H56O8Si. The number of fused-ring (bicyclic) bond motifs is 1. The van der Waals surface area contributed by atoms with Gasteiger partial charge in [-0.25, -0.2) is 0 Å². The standard InChI is InChI=1S/C28H56O8Si/c1-10-11-12-13-14-15-20(29)21(30)18-23-25-26(36-28(5,6)35-25)24(32-19-31-7)22(34-23)16-17-33-37(8,9)27(2,3)4/h20-26,29-30H,10-19H2,1-9H3/t20-,21-,22+,23-,24-,25-,26+/m1/s1. The first-order valence-electron chi connectivity index (χ1n) is 14.3. The van der Waals surface area contributed by atoms with Gasteiger partial charge >= 0.3 is 0 Å². The fraction of sp³-hybridized carbons (Fsp3) is 1.00. The Balaban J connectivity index is 2.10. The summed E-state index contributed by atoms with van der Waals surface area (Å²) in [6, 6.07) is 0. The van der Waals surface area contributed by atoms with E-state index in [1.807, 2.05) is 13.8 Å². The summed E-state index contributed by atoms with van der Waals surface area (Å²) in [7, 11) is -0.323. The van der Waals surface area contributed by atoms with E-state index in [4.69, 9.17) is 28.1 Å². The van der Waals surface area contributed by atoms with Crippen LogP contribution in [-0.4, -0.2) is 87.6 Å². The van der Waals surface area contributed by atoms with Gasteiger partial charge in [-0.1, -0.05) is 59.8 Å². The molecule has 2 fully saturated rings. The van der Waals surface area contributed by atoms with Crippen LogP contribution in [0.5, 0.6) is 0 Å². The molecule has 2 aliphatic rings. The van der Waals surface area contributed by atoms with E-state index in [-0.39, 0.29) is 30.5 Å². The third-order valence-electron chi connectivity index (χ3n) is 8.14. The van der Waals surface area contributed by atoms with Gasteiger partial charge in [0.05, 0.1) is 24.4 Å². The molecule has 37 heavy (non-hydrogen) atoms. The van der Waals surface area contributed by atoms with Crippen molar-refractivity contribution < 1.29 is 38.3 Å². The van der Waals surface area contributed by atoms with Crippen molar-refractivity contribution in [2.75, 3.05) is 20.5 Å². The van der Waals surface area contributed by atoms with E-state index in [1.54, 1.807) is 7.11 Å². The second-order valence-electron chi connectivity index (χ2n) is 12.8. The van der Waals surface area contributed by atoms with Crippen molar-refractivity contribution in [3.63, 3.8) is 0 Å². The second kappa shape index (κ2) is 14.5. The fourth-order valence-electron chi connectivity index (χ4n) is 4.91. The van der Waals surface area contributed by atoms with Gasteiger partial charge in [0, 0.05) is 20.1 Å². The van der Waals surface area contributed by atoms with Gasteiger partial charge in [0.25, 0.3) is 0 Å². The van der Waals surface area contributed by atoms with Gasteiger partial charge in [0.2, 0.25) is 0 Å². The zero-order valence-electron chi connectivity index (χ0n) is 25.0. The maximum Gasteiger partial charge on any atom is 0.191 e. The topological polar surface area (TPSA) is 95.8 Å². The Kier molecular flexibility index (Phi) is 13.0. The second-order valence-corrected chi connectivity index (χ2v) is 17.6. The van der Waals surface area contributed by atoms with Crippen LogP contribution in [0.4, 0.5) is 0 Å². The van der Waals surface area contributed by atoms with Crippen molar-refractivity contribution in [2.24, 2.45) is 0 Å². The van der Waals surface area contributed by atoms with Gasteiger partial charge < -0.3 is 38.3 Å². The molecule has 0 aromatic carbocycles. The van der Waals surface area contributed by atoms with E-state index in [0.29, 0.717) is 19.4 Å². The van der Waals surface area contributed by atoms with Gasteiger partial charge in [-0.05, 0) is 44.8 Å². The molecule has 0 aromatic rings. The number of methoxy groups -OCH3 is 1. The van der Waals surface area contributed by atoms with Crippen LogP contribution >= 0.6 is 0 Å². The monoisotopic (exact) mass is 548 g/mol. The van der Waals surface area contributed by atoms with Gasteiger partial charge in [0.1, 0.15) is 25.1 Å². The predicted molar refractivity (Wildman–Crippen MR) is 147 cm³/mol. The number of aliphatic hydroxyl groups excluding tert-OH is 2. The lowest BCUT2D eigenvalue weighted by Gasteiger charge is -2.43. The fourth-order valence-corrected chi connectivity index (χ4v) is 5.97. The van der Waals surface area contributed by atoms with Crippen LogP contribution in [0.3, 0.4) is 0 Å². The molecule has 0 spiro atoms. The minimum Gasteiger partial charge on any atom is -0.417 e. The van der Waals surface area contributed by atoms with E-state index in [1.165, 1.54) is 12.8 Å². The SMILES string of the molecule is CCCCCCC[C@@H](O)[C@H](O)C[C@H]1O[C@@H](CCO[Si](C)(C)C(C)(C)C)[C@@H](OCOC)[C@@H]2OC(C)(C)O[C@@H]21. The van der Waals surface area contributed by atoms with E-state index < -0.39 is 44.6 Å². The predicted octanol–water partition coefficient (Wildman–Crippen LogP) is 5.15. The first kappa shape index (κ1) is 33.1. The normalized spacial score (nSPS) is 29.8. The van der Waals surface area contributed by atoms with E-state index >= 15 is 0 Å². The average Bonchev–Trinajstić information content (AvgIpc) is 3.12. The Labute approximate surface area is 226 Å². The molecule has 2 saturated heterocycles. The Bertz CT molecular complexity index is 653. The highest BCUT2D eigenvalue weighted by molar-refractivity contribution is 6.74. The molecule has 0 saturated carbocycles. The van der Waals surface area contributed by atoms with Crippen molar-refractivity contribution in [3.05, 3.63) is 0 Å². The first-order chi connectivity index (χ1) is 17.2. The number of rotatable bonds is 16. The smallest absolute Gasteiger partial charge is 0.191 e. The molecule has 0 amide bonds. The van der Waals surface area contributed by atoms with E-state index in [0.717, 1.165) is 19.3 Å². The van der Waals surface area contributed by atoms with Gasteiger partial charge in [-0.15, -0.1) is 0 Å². The van der Waals surface area contributed by atoms with Crippen LogP contribution in [0.15, 0.2) is 0 Å². The summed E-state index contributed by atoms with van der Waals surface area (Å²) in [5, 5.41) is 21.7.